The van der Waals surface area contributed by atoms with E-state index < -0.39 is 0 Å². The average Bonchev–Trinajstić information content (AvgIpc) is 2.67. The van der Waals surface area contributed by atoms with Gasteiger partial charge in [-0.2, -0.15) is 5.10 Å². The van der Waals surface area contributed by atoms with Crippen LogP contribution in [0.3, 0.4) is 0 Å². The number of amides is 1. The SMILES string of the molecule is Cn1cc(C(=O)N(CCCN)C2CCC2)cn1. The predicted molar refractivity (Wildman–Crippen MR) is 65.6 cm³/mol. The molecule has 0 aliphatic heterocycles. The summed E-state index contributed by atoms with van der Waals surface area (Å²) in [5.41, 5.74) is 6.20. The third-order valence-electron chi connectivity index (χ3n) is 3.33. The van der Waals surface area contributed by atoms with Crippen molar-refractivity contribution in [2.45, 2.75) is 31.7 Å². The molecule has 0 radical (unpaired) electrons. The Morgan fingerprint density at radius 3 is 2.88 bits per heavy atom. The zero-order chi connectivity index (χ0) is 12.3. The first-order valence-electron chi connectivity index (χ1n) is 6.22. The fraction of sp³-hybridized carbons (Fsp3) is 0.667. The Balaban J connectivity index is 2.06. The lowest BCUT2D eigenvalue weighted by Crippen LogP contribution is -2.45. The Hall–Kier alpha value is -1.36. The van der Waals surface area contributed by atoms with Gasteiger partial charge in [0.1, 0.15) is 0 Å². The molecule has 1 fully saturated rings. The van der Waals surface area contributed by atoms with Crippen LogP contribution in [0.25, 0.3) is 0 Å². The lowest BCUT2D eigenvalue weighted by molar-refractivity contribution is 0.0578. The van der Waals surface area contributed by atoms with Crippen molar-refractivity contribution in [3.05, 3.63) is 18.0 Å². The molecule has 0 saturated heterocycles. The molecular weight excluding hydrogens is 216 g/mol. The number of nitrogens with zero attached hydrogens (tertiary/aromatic N) is 3. The highest BCUT2D eigenvalue weighted by Gasteiger charge is 2.29. The molecular formula is C12H20N4O. The van der Waals surface area contributed by atoms with Gasteiger partial charge in [0.15, 0.2) is 0 Å². The van der Waals surface area contributed by atoms with E-state index in [9.17, 15) is 4.79 Å². The van der Waals surface area contributed by atoms with E-state index in [0.29, 0.717) is 18.2 Å². The minimum atomic E-state index is 0.0938. The highest BCUT2D eigenvalue weighted by atomic mass is 16.2. The smallest absolute Gasteiger partial charge is 0.257 e. The maximum atomic E-state index is 12.3. The van der Waals surface area contributed by atoms with Gasteiger partial charge in [-0.15, -0.1) is 0 Å². The summed E-state index contributed by atoms with van der Waals surface area (Å²) in [5, 5.41) is 4.05. The van der Waals surface area contributed by atoms with Crippen LogP contribution in [0.15, 0.2) is 12.4 Å². The second-order valence-corrected chi connectivity index (χ2v) is 4.63. The van der Waals surface area contributed by atoms with E-state index >= 15 is 0 Å². The summed E-state index contributed by atoms with van der Waals surface area (Å²) in [6, 6.07) is 0.411. The third-order valence-corrected chi connectivity index (χ3v) is 3.33. The highest BCUT2D eigenvalue weighted by molar-refractivity contribution is 5.94. The van der Waals surface area contributed by atoms with E-state index in [1.807, 2.05) is 11.9 Å². The van der Waals surface area contributed by atoms with E-state index in [1.165, 1.54) is 6.42 Å². The molecule has 1 heterocycles. The molecule has 0 unspecified atom stereocenters. The Bertz CT molecular complexity index is 384. The molecule has 5 heteroatoms. The van der Waals surface area contributed by atoms with E-state index in [-0.39, 0.29) is 5.91 Å². The van der Waals surface area contributed by atoms with Gasteiger partial charge in [0.2, 0.25) is 0 Å². The first-order chi connectivity index (χ1) is 8.22. The number of rotatable bonds is 5. The average molecular weight is 236 g/mol. The summed E-state index contributed by atoms with van der Waals surface area (Å²) in [6.45, 7) is 1.39. The first-order valence-corrected chi connectivity index (χ1v) is 6.22. The van der Waals surface area contributed by atoms with Crippen LogP contribution in [0.5, 0.6) is 0 Å². The van der Waals surface area contributed by atoms with Crippen LogP contribution in [-0.4, -0.2) is 39.7 Å². The predicted octanol–water partition coefficient (Wildman–Crippen LogP) is 0.764. The van der Waals surface area contributed by atoms with Gasteiger partial charge >= 0.3 is 0 Å². The molecule has 1 aromatic heterocycles. The third kappa shape index (κ3) is 2.66. The molecule has 1 saturated carbocycles. The number of hydrogen-bond acceptors (Lipinski definition) is 3. The Labute approximate surface area is 102 Å². The van der Waals surface area contributed by atoms with Crippen molar-refractivity contribution in [2.24, 2.45) is 12.8 Å². The van der Waals surface area contributed by atoms with Gasteiger partial charge in [-0.3, -0.25) is 9.48 Å². The molecule has 0 bridgehead atoms. The van der Waals surface area contributed by atoms with Crippen molar-refractivity contribution in [1.82, 2.24) is 14.7 Å². The maximum Gasteiger partial charge on any atom is 0.257 e. The molecule has 1 amide bonds. The van der Waals surface area contributed by atoms with Crippen LogP contribution < -0.4 is 5.73 Å². The molecule has 17 heavy (non-hydrogen) atoms. The van der Waals surface area contributed by atoms with Gasteiger partial charge in [0, 0.05) is 25.8 Å². The summed E-state index contributed by atoms with van der Waals surface area (Å²) in [6.07, 6.45) is 7.74. The molecule has 1 aliphatic rings. The minimum Gasteiger partial charge on any atom is -0.336 e. The number of aromatic nitrogens is 2. The van der Waals surface area contributed by atoms with Crippen molar-refractivity contribution >= 4 is 5.91 Å². The van der Waals surface area contributed by atoms with Crippen LogP contribution in [-0.2, 0) is 7.05 Å². The summed E-state index contributed by atoms with van der Waals surface area (Å²) in [4.78, 5) is 14.3. The molecule has 1 aromatic rings. The number of hydrogen-bond donors (Lipinski definition) is 1. The molecule has 0 atom stereocenters. The zero-order valence-electron chi connectivity index (χ0n) is 10.3. The van der Waals surface area contributed by atoms with E-state index in [2.05, 4.69) is 5.10 Å². The fourth-order valence-corrected chi connectivity index (χ4v) is 2.11. The summed E-state index contributed by atoms with van der Waals surface area (Å²) in [5.74, 6) is 0.0938. The molecule has 0 spiro atoms. The van der Waals surface area contributed by atoms with Gasteiger partial charge in [0.05, 0.1) is 11.8 Å². The summed E-state index contributed by atoms with van der Waals surface area (Å²) < 4.78 is 1.66. The van der Waals surface area contributed by atoms with Crippen molar-refractivity contribution in [1.29, 1.82) is 0 Å². The topological polar surface area (TPSA) is 64.2 Å². The molecule has 94 valence electrons. The van der Waals surface area contributed by atoms with Crippen LogP contribution >= 0.6 is 0 Å². The number of aryl methyl sites for hydroxylation is 1. The fourth-order valence-electron chi connectivity index (χ4n) is 2.11. The number of carbonyl (C=O) groups is 1. The zero-order valence-corrected chi connectivity index (χ0v) is 10.3. The quantitative estimate of drug-likeness (QED) is 0.821. The van der Waals surface area contributed by atoms with Gasteiger partial charge in [0.25, 0.3) is 5.91 Å². The second kappa shape index (κ2) is 5.31. The normalized spacial score (nSPS) is 15.6. The van der Waals surface area contributed by atoms with Crippen molar-refractivity contribution in [3.63, 3.8) is 0 Å². The molecule has 0 aromatic carbocycles. The van der Waals surface area contributed by atoms with Crippen molar-refractivity contribution < 1.29 is 4.79 Å². The van der Waals surface area contributed by atoms with Gasteiger partial charge in [-0.1, -0.05) is 0 Å². The van der Waals surface area contributed by atoms with Crippen LogP contribution in [0.1, 0.15) is 36.0 Å². The highest BCUT2D eigenvalue weighted by Crippen LogP contribution is 2.26. The van der Waals surface area contributed by atoms with Crippen molar-refractivity contribution in [2.75, 3.05) is 13.1 Å². The lowest BCUT2D eigenvalue weighted by Gasteiger charge is -2.37. The monoisotopic (exact) mass is 236 g/mol. The Kier molecular flexibility index (Phi) is 3.78. The standard InChI is InChI=1S/C12H20N4O/c1-15-9-10(8-14-15)12(17)16(7-3-6-13)11-4-2-5-11/h8-9,11H,2-7,13H2,1H3. The second-order valence-electron chi connectivity index (χ2n) is 4.63. The molecule has 1 aliphatic carbocycles. The Morgan fingerprint density at radius 1 is 1.65 bits per heavy atom. The Morgan fingerprint density at radius 2 is 2.41 bits per heavy atom. The first kappa shape index (κ1) is 12.1. The van der Waals surface area contributed by atoms with E-state index in [0.717, 1.165) is 25.8 Å². The number of carbonyl (C=O) groups excluding carboxylic acids is 1. The number of nitrogens with two attached hydrogens (primary N) is 1. The summed E-state index contributed by atoms with van der Waals surface area (Å²) >= 11 is 0. The van der Waals surface area contributed by atoms with Crippen LogP contribution in [0.4, 0.5) is 0 Å². The van der Waals surface area contributed by atoms with Crippen molar-refractivity contribution in [3.8, 4) is 0 Å². The van der Waals surface area contributed by atoms with E-state index in [4.69, 9.17) is 5.73 Å². The van der Waals surface area contributed by atoms with E-state index in [1.54, 1.807) is 17.1 Å². The lowest BCUT2D eigenvalue weighted by atomic mass is 9.91. The molecule has 5 nitrogen and oxygen atoms in total. The summed E-state index contributed by atoms with van der Waals surface area (Å²) in [7, 11) is 1.82. The van der Waals surface area contributed by atoms with Crippen LogP contribution in [0.2, 0.25) is 0 Å². The van der Waals surface area contributed by atoms with Gasteiger partial charge < -0.3 is 10.6 Å². The van der Waals surface area contributed by atoms with Crippen LogP contribution in [0, 0.1) is 0 Å². The van der Waals surface area contributed by atoms with Gasteiger partial charge in [-0.25, -0.2) is 0 Å². The molecule has 2 N–H and O–H groups in total. The van der Waals surface area contributed by atoms with Gasteiger partial charge in [-0.05, 0) is 32.2 Å². The minimum absolute atomic E-state index is 0.0938. The maximum absolute atomic E-state index is 12.3. The molecule has 2 rings (SSSR count). The largest absolute Gasteiger partial charge is 0.336 e.